The number of amides is 1. The predicted octanol–water partition coefficient (Wildman–Crippen LogP) is 2.81. The van der Waals surface area contributed by atoms with Crippen LogP contribution in [-0.2, 0) is 0 Å². The van der Waals surface area contributed by atoms with E-state index in [4.69, 9.17) is 4.74 Å². The van der Waals surface area contributed by atoms with Gasteiger partial charge in [-0.1, -0.05) is 31.0 Å². The summed E-state index contributed by atoms with van der Waals surface area (Å²) in [6.45, 7) is 1.20. The number of fused-ring (bicyclic) bond motifs is 1. The van der Waals surface area contributed by atoms with E-state index in [0.717, 1.165) is 25.7 Å². The number of para-hydroxylation sites is 1. The zero-order chi connectivity index (χ0) is 14.0. The van der Waals surface area contributed by atoms with Crippen molar-refractivity contribution in [3.05, 3.63) is 30.3 Å². The second-order valence-corrected chi connectivity index (χ2v) is 5.92. The second kappa shape index (κ2) is 5.44. The number of hydrogen-bond donors (Lipinski definition) is 1. The van der Waals surface area contributed by atoms with E-state index in [1.54, 1.807) is 17.0 Å². The van der Waals surface area contributed by atoms with E-state index in [-0.39, 0.29) is 12.0 Å². The van der Waals surface area contributed by atoms with Gasteiger partial charge in [-0.25, -0.2) is 4.79 Å². The lowest BCUT2D eigenvalue weighted by atomic mass is 9.71. The van der Waals surface area contributed by atoms with Crippen molar-refractivity contribution in [1.29, 1.82) is 0 Å². The molecular weight excluding hydrogens is 254 g/mol. The largest absolute Gasteiger partial charge is 0.415 e. The van der Waals surface area contributed by atoms with Gasteiger partial charge in [-0.3, -0.25) is 0 Å². The molecule has 1 amide bonds. The lowest BCUT2D eigenvalue weighted by Crippen LogP contribution is -2.55. The normalized spacial score (nSPS) is 29.6. The summed E-state index contributed by atoms with van der Waals surface area (Å²) in [7, 11) is 0. The van der Waals surface area contributed by atoms with Crippen LogP contribution in [-0.4, -0.2) is 34.8 Å². The zero-order valence-corrected chi connectivity index (χ0v) is 11.6. The average Bonchev–Trinajstić information content (AvgIpc) is 2.47. The molecule has 1 saturated heterocycles. The van der Waals surface area contributed by atoms with Crippen LogP contribution in [0.15, 0.2) is 30.3 Å². The van der Waals surface area contributed by atoms with Crippen molar-refractivity contribution < 1.29 is 14.6 Å². The van der Waals surface area contributed by atoms with Gasteiger partial charge in [0.2, 0.25) is 0 Å². The van der Waals surface area contributed by atoms with Crippen molar-refractivity contribution >= 4 is 6.09 Å². The maximum atomic E-state index is 12.2. The molecule has 2 fully saturated rings. The highest BCUT2D eigenvalue weighted by molar-refractivity contribution is 5.70. The van der Waals surface area contributed by atoms with Crippen molar-refractivity contribution in [3.63, 3.8) is 0 Å². The lowest BCUT2D eigenvalue weighted by Gasteiger charge is -2.46. The van der Waals surface area contributed by atoms with Gasteiger partial charge in [0.1, 0.15) is 5.75 Å². The third-order valence-electron chi connectivity index (χ3n) is 4.63. The van der Waals surface area contributed by atoms with Crippen LogP contribution in [0, 0.1) is 5.92 Å². The minimum absolute atomic E-state index is 0.202. The van der Waals surface area contributed by atoms with Gasteiger partial charge < -0.3 is 14.7 Å². The Kier molecular flexibility index (Phi) is 3.66. The monoisotopic (exact) mass is 275 g/mol. The van der Waals surface area contributed by atoms with E-state index >= 15 is 0 Å². The smallest absolute Gasteiger partial charge is 0.410 e. The molecule has 3 rings (SSSR count). The fourth-order valence-corrected chi connectivity index (χ4v) is 3.39. The van der Waals surface area contributed by atoms with Crippen LogP contribution in [0.3, 0.4) is 0 Å². The summed E-state index contributed by atoms with van der Waals surface area (Å²) in [6, 6.07) is 9.13. The van der Waals surface area contributed by atoms with Crippen LogP contribution >= 0.6 is 0 Å². The molecule has 1 aliphatic carbocycles. The highest BCUT2D eigenvalue weighted by atomic mass is 16.6. The molecule has 2 atom stereocenters. The molecule has 2 aliphatic rings. The number of ether oxygens (including phenoxy) is 1. The van der Waals surface area contributed by atoms with E-state index in [1.165, 1.54) is 0 Å². The number of carbonyl (C=O) groups excluding carboxylic acids is 1. The molecule has 1 saturated carbocycles. The summed E-state index contributed by atoms with van der Waals surface area (Å²) in [5.41, 5.74) is -0.554. The number of piperidine rings is 1. The summed E-state index contributed by atoms with van der Waals surface area (Å²) in [5, 5.41) is 10.6. The topological polar surface area (TPSA) is 49.8 Å². The summed E-state index contributed by atoms with van der Waals surface area (Å²) >= 11 is 0. The van der Waals surface area contributed by atoms with E-state index in [2.05, 4.69) is 0 Å². The van der Waals surface area contributed by atoms with Crippen LogP contribution in [0.25, 0.3) is 0 Å². The molecule has 1 N–H and O–H groups in total. The number of hydrogen-bond acceptors (Lipinski definition) is 3. The van der Waals surface area contributed by atoms with Gasteiger partial charge in [-0.05, 0) is 31.4 Å². The first-order valence-corrected chi connectivity index (χ1v) is 7.42. The van der Waals surface area contributed by atoms with E-state index in [1.807, 2.05) is 18.2 Å². The molecule has 1 aliphatic heterocycles. The van der Waals surface area contributed by atoms with Crippen molar-refractivity contribution in [2.24, 2.45) is 5.92 Å². The number of aliphatic hydroxyl groups is 1. The minimum Gasteiger partial charge on any atom is -0.410 e. The molecule has 0 bridgehead atoms. The number of carbonyl (C=O) groups is 1. The van der Waals surface area contributed by atoms with Gasteiger partial charge in [0.05, 0.1) is 5.60 Å². The molecule has 0 spiro atoms. The van der Waals surface area contributed by atoms with E-state index < -0.39 is 5.60 Å². The first-order valence-electron chi connectivity index (χ1n) is 7.42. The van der Waals surface area contributed by atoms with E-state index in [0.29, 0.717) is 25.3 Å². The van der Waals surface area contributed by atoms with Crippen molar-refractivity contribution in [1.82, 2.24) is 4.90 Å². The molecule has 4 heteroatoms. The molecule has 0 aromatic heterocycles. The van der Waals surface area contributed by atoms with Gasteiger partial charge in [0.25, 0.3) is 0 Å². The number of likely N-dealkylation sites (tertiary alicyclic amines) is 1. The third kappa shape index (κ3) is 2.66. The Morgan fingerprint density at radius 3 is 2.85 bits per heavy atom. The van der Waals surface area contributed by atoms with Crippen molar-refractivity contribution in [3.8, 4) is 5.75 Å². The Balaban J connectivity index is 1.63. The Bertz CT molecular complexity index is 476. The quantitative estimate of drug-likeness (QED) is 0.857. The predicted molar refractivity (Wildman–Crippen MR) is 75.6 cm³/mol. The van der Waals surface area contributed by atoms with Gasteiger partial charge in [-0.2, -0.15) is 0 Å². The van der Waals surface area contributed by atoms with Crippen LogP contribution in [0.2, 0.25) is 0 Å². The maximum absolute atomic E-state index is 12.2. The van der Waals surface area contributed by atoms with Crippen molar-refractivity contribution in [2.45, 2.75) is 37.7 Å². The number of rotatable bonds is 1. The third-order valence-corrected chi connectivity index (χ3v) is 4.63. The Hall–Kier alpha value is -1.55. The molecule has 1 aromatic carbocycles. The molecule has 20 heavy (non-hydrogen) atoms. The van der Waals surface area contributed by atoms with Crippen molar-refractivity contribution in [2.75, 3.05) is 13.1 Å². The first kappa shape index (κ1) is 13.4. The van der Waals surface area contributed by atoms with Gasteiger partial charge in [0, 0.05) is 19.0 Å². The first-order chi connectivity index (χ1) is 9.67. The molecule has 0 radical (unpaired) electrons. The van der Waals surface area contributed by atoms with Gasteiger partial charge in [0.15, 0.2) is 0 Å². The molecule has 1 aromatic rings. The van der Waals surface area contributed by atoms with Crippen LogP contribution in [0.4, 0.5) is 4.79 Å². The maximum Gasteiger partial charge on any atom is 0.415 e. The summed E-state index contributed by atoms with van der Waals surface area (Å²) < 4.78 is 5.37. The number of benzene rings is 1. The lowest BCUT2D eigenvalue weighted by molar-refractivity contribution is -0.0893. The highest BCUT2D eigenvalue weighted by Crippen LogP contribution is 2.39. The fraction of sp³-hybridized carbons (Fsp3) is 0.562. The van der Waals surface area contributed by atoms with Crippen LogP contribution in [0.1, 0.15) is 32.1 Å². The highest BCUT2D eigenvalue weighted by Gasteiger charge is 2.44. The van der Waals surface area contributed by atoms with Crippen LogP contribution < -0.4 is 4.74 Å². The zero-order valence-electron chi connectivity index (χ0n) is 11.6. The van der Waals surface area contributed by atoms with Gasteiger partial charge >= 0.3 is 6.09 Å². The fourth-order valence-electron chi connectivity index (χ4n) is 3.39. The Morgan fingerprint density at radius 2 is 2.05 bits per heavy atom. The van der Waals surface area contributed by atoms with Crippen LogP contribution in [0.5, 0.6) is 5.75 Å². The molecule has 108 valence electrons. The summed E-state index contributed by atoms with van der Waals surface area (Å²) in [4.78, 5) is 13.9. The SMILES string of the molecule is O=C(Oc1ccccc1)N1CCC2(O)CCCCC2C1. The van der Waals surface area contributed by atoms with E-state index in [9.17, 15) is 9.90 Å². The Labute approximate surface area is 119 Å². The molecule has 2 unspecified atom stereocenters. The summed E-state index contributed by atoms with van der Waals surface area (Å²) in [5.74, 6) is 0.773. The average molecular weight is 275 g/mol. The molecular formula is C16H21NO3. The molecule has 4 nitrogen and oxygen atoms in total. The Morgan fingerprint density at radius 1 is 1.25 bits per heavy atom. The standard InChI is InChI=1S/C16H21NO3/c18-15(20-14-7-2-1-3-8-14)17-11-10-16(19)9-5-4-6-13(16)12-17/h1-3,7-8,13,19H,4-6,9-12H2. The summed E-state index contributed by atoms with van der Waals surface area (Å²) in [6.07, 6.45) is 4.49. The molecule has 1 heterocycles. The van der Waals surface area contributed by atoms with Gasteiger partial charge in [-0.15, -0.1) is 0 Å². The number of nitrogens with zero attached hydrogens (tertiary/aromatic N) is 1. The minimum atomic E-state index is -0.554. The second-order valence-electron chi connectivity index (χ2n) is 5.92.